The molecule has 1 N–H and O–H groups in total. The van der Waals surface area contributed by atoms with E-state index in [1.165, 1.54) is 6.92 Å². The van der Waals surface area contributed by atoms with Crippen LogP contribution in [0.25, 0.3) is 0 Å². The van der Waals surface area contributed by atoms with Crippen LogP contribution >= 0.6 is 0 Å². The summed E-state index contributed by atoms with van der Waals surface area (Å²) in [5.74, 6) is -7.60. The number of alkyl halides is 3. The zero-order valence-electron chi connectivity index (χ0n) is 16.0. The Morgan fingerprint density at radius 1 is 1.14 bits per heavy atom. The molecule has 1 spiro atoms. The van der Waals surface area contributed by atoms with Crippen molar-refractivity contribution in [3.05, 3.63) is 0 Å². The summed E-state index contributed by atoms with van der Waals surface area (Å²) in [6.45, 7) is 3.89. The van der Waals surface area contributed by atoms with Crippen LogP contribution < -0.4 is 0 Å². The van der Waals surface area contributed by atoms with Gasteiger partial charge in [0.25, 0.3) is 5.79 Å². The van der Waals surface area contributed by atoms with Gasteiger partial charge in [-0.15, -0.1) is 0 Å². The molecular weight excluding hydrogens is 385 g/mol. The first kappa shape index (κ1) is 20.3. The Morgan fingerprint density at radius 3 is 2.50 bits per heavy atom. The van der Waals surface area contributed by atoms with Crippen LogP contribution in [0.4, 0.5) is 13.2 Å². The molecule has 0 aromatic rings. The van der Waals surface area contributed by atoms with Crippen molar-refractivity contribution in [1.82, 2.24) is 0 Å². The molecule has 5 rings (SSSR count). The SMILES string of the molecule is C[C@@H]1CC[C@H]2[C@@H](C)[C@](OCC(=O)O)(C(F)(F)F)O[C@@H]3OC4(C)CC[C@@H]1C32OO4. The largest absolute Gasteiger partial charge is 0.480 e. The number of fused-ring (bicyclic) bond motifs is 2. The highest BCUT2D eigenvalue weighted by molar-refractivity contribution is 5.68. The third-order valence-corrected chi connectivity index (χ3v) is 7.07. The van der Waals surface area contributed by atoms with Crippen LogP contribution in [0.3, 0.4) is 0 Å². The molecule has 4 heterocycles. The van der Waals surface area contributed by atoms with E-state index in [-0.39, 0.29) is 11.8 Å². The second kappa shape index (κ2) is 6.28. The van der Waals surface area contributed by atoms with Gasteiger partial charge in [-0.2, -0.15) is 13.2 Å². The molecular formula is C18H25F3O7. The lowest BCUT2D eigenvalue weighted by Gasteiger charge is -2.62. The maximum atomic E-state index is 14.2. The molecule has 2 bridgehead atoms. The van der Waals surface area contributed by atoms with E-state index in [9.17, 15) is 18.0 Å². The first-order chi connectivity index (χ1) is 13.0. The minimum absolute atomic E-state index is 0.103. The maximum absolute atomic E-state index is 14.2. The molecule has 5 aliphatic rings. The lowest BCUT2D eigenvalue weighted by molar-refractivity contribution is -0.598. The summed E-state index contributed by atoms with van der Waals surface area (Å²) in [5.41, 5.74) is -1.19. The minimum atomic E-state index is -4.96. The van der Waals surface area contributed by atoms with Crippen molar-refractivity contribution < 1.29 is 47.1 Å². The Bertz CT molecular complexity index is 658. The van der Waals surface area contributed by atoms with Crippen LogP contribution in [0.1, 0.15) is 46.5 Å². The number of ether oxygens (including phenoxy) is 3. The van der Waals surface area contributed by atoms with E-state index in [0.29, 0.717) is 19.3 Å². The van der Waals surface area contributed by atoms with Crippen molar-refractivity contribution in [3.63, 3.8) is 0 Å². The standard InChI is InChI=1S/C18H25F3O7/c1-9-4-5-12-10(2)17(18(19,20)21,24-8-13(22)23)26-14-16(12)11(9)6-7-15(3,25-14)27-28-16/h9-12,14H,4-8H2,1-3H3,(H,22,23)/t9-,10-,11+,12+,14+,15?,16?,17-/m1/s1. The topological polar surface area (TPSA) is 83.5 Å². The molecule has 0 aromatic carbocycles. The van der Waals surface area contributed by atoms with Gasteiger partial charge in [0.1, 0.15) is 6.61 Å². The van der Waals surface area contributed by atoms with E-state index in [2.05, 4.69) is 0 Å². The Balaban J connectivity index is 1.81. The molecule has 0 amide bonds. The fourth-order valence-corrected chi connectivity index (χ4v) is 5.66. The highest BCUT2D eigenvalue weighted by Gasteiger charge is 2.77. The van der Waals surface area contributed by atoms with E-state index >= 15 is 0 Å². The normalized spacial score (nSPS) is 50.7. The van der Waals surface area contributed by atoms with Crippen LogP contribution in [0.5, 0.6) is 0 Å². The minimum Gasteiger partial charge on any atom is -0.480 e. The Morgan fingerprint density at radius 2 is 1.86 bits per heavy atom. The Kier molecular flexibility index (Phi) is 4.56. The highest BCUT2D eigenvalue weighted by atomic mass is 19.4. The molecule has 1 aliphatic carbocycles. The van der Waals surface area contributed by atoms with Gasteiger partial charge in [0.15, 0.2) is 11.9 Å². The summed E-state index contributed by atoms with van der Waals surface area (Å²) in [7, 11) is 0. The second-order valence-electron chi connectivity index (χ2n) is 8.66. The van der Waals surface area contributed by atoms with Gasteiger partial charge in [-0.25, -0.2) is 14.6 Å². The molecule has 4 aliphatic heterocycles. The number of carboxylic acids is 1. The molecule has 8 atom stereocenters. The van der Waals surface area contributed by atoms with Gasteiger partial charge in [0.2, 0.25) is 5.79 Å². The average molecular weight is 410 g/mol. The van der Waals surface area contributed by atoms with Gasteiger partial charge < -0.3 is 19.3 Å². The quantitative estimate of drug-likeness (QED) is 0.715. The van der Waals surface area contributed by atoms with Gasteiger partial charge in [-0.3, -0.25) is 0 Å². The van der Waals surface area contributed by atoms with Crippen molar-refractivity contribution in [2.45, 2.75) is 76.1 Å². The fraction of sp³-hybridized carbons (Fsp3) is 0.944. The summed E-state index contributed by atoms with van der Waals surface area (Å²) < 4.78 is 59.0. The predicted molar refractivity (Wildman–Crippen MR) is 85.4 cm³/mol. The fourth-order valence-electron chi connectivity index (χ4n) is 5.66. The number of carboxylic acid groups (broad SMARTS) is 1. The summed E-state index contributed by atoms with van der Waals surface area (Å²) in [5, 5.41) is 8.92. The highest BCUT2D eigenvalue weighted by Crippen LogP contribution is 2.64. The number of aliphatic carboxylic acids is 1. The molecule has 7 nitrogen and oxygen atoms in total. The Hall–Kier alpha value is -0.940. The second-order valence-corrected chi connectivity index (χ2v) is 8.66. The molecule has 2 unspecified atom stereocenters. The van der Waals surface area contributed by atoms with Crippen LogP contribution in [-0.2, 0) is 28.8 Å². The van der Waals surface area contributed by atoms with Crippen molar-refractivity contribution in [3.8, 4) is 0 Å². The number of hydrogen-bond acceptors (Lipinski definition) is 6. The van der Waals surface area contributed by atoms with Crippen molar-refractivity contribution in [2.24, 2.45) is 23.7 Å². The van der Waals surface area contributed by atoms with Crippen molar-refractivity contribution >= 4 is 5.97 Å². The van der Waals surface area contributed by atoms with Gasteiger partial charge >= 0.3 is 12.1 Å². The smallest absolute Gasteiger partial charge is 0.443 e. The van der Waals surface area contributed by atoms with Crippen LogP contribution in [-0.4, -0.2) is 47.3 Å². The van der Waals surface area contributed by atoms with E-state index in [0.717, 1.165) is 6.42 Å². The molecule has 10 heteroatoms. The van der Waals surface area contributed by atoms with E-state index < -0.39 is 54.1 Å². The molecule has 1 saturated carbocycles. The first-order valence-electron chi connectivity index (χ1n) is 9.60. The molecule has 4 saturated heterocycles. The summed E-state index contributed by atoms with van der Waals surface area (Å²) in [4.78, 5) is 22.3. The summed E-state index contributed by atoms with van der Waals surface area (Å²) in [6.07, 6.45) is -4.04. The average Bonchev–Trinajstić information content (AvgIpc) is 2.82. The van der Waals surface area contributed by atoms with Gasteiger partial charge in [0.05, 0.1) is 0 Å². The summed E-state index contributed by atoms with van der Waals surface area (Å²) in [6, 6.07) is 0. The number of rotatable bonds is 3. The van der Waals surface area contributed by atoms with E-state index in [1.54, 1.807) is 6.92 Å². The van der Waals surface area contributed by atoms with Gasteiger partial charge in [-0.05, 0) is 38.0 Å². The maximum Gasteiger partial charge on any atom is 0.443 e. The molecule has 0 aromatic heterocycles. The zero-order chi connectivity index (χ0) is 20.5. The number of hydrogen-bond donors (Lipinski definition) is 1. The molecule has 0 radical (unpaired) electrons. The van der Waals surface area contributed by atoms with Crippen LogP contribution in [0.2, 0.25) is 0 Å². The van der Waals surface area contributed by atoms with Crippen LogP contribution in [0, 0.1) is 23.7 Å². The summed E-state index contributed by atoms with van der Waals surface area (Å²) >= 11 is 0. The van der Waals surface area contributed by atoms with Gasteiger partial charge in [-0.1, -0.05) is 13.8 Å². The van der Waals surface area contributed by atoms with Crippen molar-refractivity contribution in [1.29, 1.82) is 0 Å². The predicted octanol–water partition coefficient (Wildman–Crippen LogP) is 3.23. The zero-order valence-corrected chi connectivity index (χ0v) is 16.0. The molecule has 28 heavy (non-hydrogen) atoms. The lowest BCUT2D eigenvalue weighted by atomic mass is 9.57. The van der Waals surface area contributed by atoms with Gasteiger partial charge in [0, 0.05) is 18.3 Å². The molecule has 5 fully saturated rings. The lowest BCUT2D eigenvalue weighted by Crippen LogP contribution is -2.76. The third kappa shape index (κ3) is 2.64. The third-order valence-electron chi connectivity index (χ3n) is 7.07. The number of carbonyl (C=O) groups is 1. The Labute approximate surface area is 160 Å². The molecule has 160 valence electrons. The monoisotopic (exact) mass is 410 g/mol. The van der Waals surface area contributed by atoms with E-state index in [4.69, 9.17) is 29.1 Å². The van der Waals surface area contributed by atoms with Crippen LogP contribution in [0.15, 0.2) is 0 Å². The number of halogens is 3. The van der Waals surface area contributed by atoms with Crippen molar-refractivity contribution in [2.75, 3.05) is 6.61 Å². The van der Waals surface area contributed by atoms with E-state index in [1.807, 2.05) is 6.92 Å². The first-order valence-corrected chi connectivity index (χ1v) is 9.60.